The molecule has 33 heavy (non-hydrogen) atoms. The lowest BCUT2D eigenvalue weighted by molar-refractivity contribution is -0.139. The number of nitrogens with one attached hydrogen (secondary N) is 2. The van der Waals surface area contributed by atoms with Gasteiger partial charge in [-0.2, -0.15) is 5.10 Å². The van der Waals surface area contributed by atoms with Gasteiger partial charge in [0.2, 0.25) is 0 Å². The number of thiophene rings is 1. The van der Waals surface area contributed by atoms with Crippen LogP contribution in [0.15, 0.2) is 54.6 Å². The van der Waals surface area contributed by atoms with Crippen molar-refractivity contribution in [2.24, 2.45) is 0 Å². The Balaban J connectivity index is 1.49. The lowest BCUT2D eigenvalue weighted by Gasteiger charge is -2.06. The van der Waals surface area contributed by atoms with Crippen LogP contribution in [0.3, 0.4) is 0 Å². The van der Waals surface area contributed by atoms with E-state index in [1.165, 1.54) is 30.6 Å². The maximum absolute atomic E-state index is 13.3. The Kier molecular flexibility index (Phi) is 6.18. The number of hydrogen-bond donors (Lipinski definition) is 2. The number of aryl methyl sites for hydroxylation is 1. The van der Waals surface area contributed by atoms with Crippen molar-refractivity contribution in [1.82, 2.24) is 15.1 Å². The largest absolute Gasteiger partial charge is 0.468 e. The maximum atomic E-state index is 13.3. The molecule has 4 aromatic rings. The van der Waals surface area contributed by atoms with E-state index in [1.54, 1.807) is 47.1 Å². The highest BCUT2D eigenvalue weighted by Gasteiger charge is 2.18. The van der Waals surface area contributed by atoms with Crippen molar-refractivity contribution in [3.05, 3.63) is 76.5 Å². The van der Waals surface area contributed by atoms with Crippen LogP contribution in [-0.4, -0.2) is 41.2 Å². The molecule has 2 aromatic heterocycles. The number of halogens is 1. The second kappa shape index (κ2) is 9.21. The molecule has 0 atom stereocenters. The number of anilines is 1. The zero-order valence-corrected chi connectivity index (χ0v) is 18.5. The number of amides is 2. The number of aromatic nitrogens is 2. The van der Waals surface area contributed by atoms with E-state index >= 15 is 0 Å². The molecule has 2 aromatic carbocycles. The zero-order chi connectivity index (χ0) is 23.5. The summed E-state index contributed by atoms with van der Waals surface area (Å²) in [6, 6.07) is 14.0. The summed E-state index contributed by atoms with van der Waals surface area (Å²) in [7, 11) is 1.24. The minimum Gasteiger partial charge on any atom is -0.468 e. The van der Waals surface area contributed by atoms with Crippen molar-refractivity contribution in [2.75, 3.05) is 19.0 Å². The van der Waals surface area contributed by atoms with Crippen LogP contribution in [0.25, 0.3) is 15.9 Å². The van der Waals surface area contributed by atoms with Gasteiger partial charge in [-0.1, -0.05) is 0 Å². The summed E-state index contributed by atoms with van der Waals surface area (Å²) in [6.45, 7) is 1.62. The Hall–Kier alpha value is -4.05. The summed E-state index contributed by atoms with van der Waals surface area (Å²) < 4.78 is 19.4. The van der Waals surface area contributed by atoms with E-state index < -0.39 is 11.9 Å². The van der Waals surface area contributed by atoms with E-state index in [4.69, 9.17) is 0 Å². The average Bonchev–Trinajstić information content (AvgIpc) is 3.39. The molecule has 2 heterocycles. The Bertz CT molecular complexity index is 1340. The van der Waals surface area contributed by atoms with E-state index in [-0.39, 0.29) is 18.3 Å². The minimum atomic E-state index is -0.548. The van der Waals surface area contributed by atoms with Gasteiger partial charge in [0, 0.05) is 16.6 Å². The van der Waals surface area contributed by atoms with Gasteiger partial charge in [0.1, 0.15) is 17.2 Å². The first-order chi connectivity index (χ1) is 15.9. The van der Waals surface area contributed by atoms with E-state index in [1.807, 2.05) is 6.92 Å². The molecule has 2 N–H and O–H groups in total. The monoisotopic (exact) mass is 466 g/mol. The van der Waals surface area contributed by atoms with Gasteiger partial charge in [0.25, 0.3) is 11.8 Å². The van der Waals surface area contributed by atoms with E-state index in [0.29, 0.717) is 21.8 Å². The van der Waals surface area contributed by atoms with Crippen LogP contribution in [0.4, 0.5) is 10.1 Å². The molecule has 0 aliphatic carbocycles. The normalized spacial score (nSPS) is 10.8. The number of benzene rings is 2. The fraction of sp³-hybridized carbons (Fsp3) is 0.130. The number of hydrogen-bond acceptors (Lipinski definition) is 6. The molecule has 0 saturated carbocycles. The fourth-order valence-electron chi connectivity index (χ4n) is 3.14. The molecular formula is C23H19FN4O4S. The summed E-state index contributed by atoms with van der Waals surface area (Å²) in [4.78, 5) is 37.3. The molecule has 0 aliphatic heterocycles. The first kappa shape index (κ1) is 22.2. The van der Waals surface area contributed by atoms with Gasteiger partial charge in [0.05, 0.1) is 23.4 Å². The quantitative estimate of drug-likeness (QED) is 0.422. The molecular weight excluding hydrogens is 447 g/mol. The van der Waals surface area contributed by atoms with Crippen molar-refractivity contribution in [3.63, 3.8) is 0 Å². The van der Waals surface area contributed by atoms with Gasteiger partial charge in [-0.3, -0.25) is 14.4 Å². The molecule has 0 saturated heterocycles. The third kappa shape index (κ3) is 4.75. The van der Waals surface area contributed by atoms with Crippen LogP contribution >= 0.6 is 11.3 Å². The predicted molar refractivity (Wildman–Crippen MR) is 122 cm³/mol. The van der Waals surface area contributed by atoms with Crippen LogP contribution < -0.4 is 10.6 Å². The highest BCUT2D eigenvalue weighted by molar-refractivity contribution is 7.20. The van der Waals surface area contributed by atoms with Gasteiger partial charge < -0.3 is 15.4 Å². The Morgan fingerprint density at radius 3 is 2.42 bits per heavy atom. The SMILES string of the molecule is COC(=O)CNC(=O)c1ccc(NC(=O)c2cc3c(C)nn(-c4ccc(F)cc4)c3s2)cc1. The van der Waals surface area contributed by atoms with Crippen LogP contribution in [0.5, 0.6) is 0 Å². The maximum Gasteiger partial charge on any atom is 0.325 e. The van der Waals surface area contributed by atoms with Crippen molar-refractivity contribution < 1.29 is 23.5 Å². The minimum absolute atomic E-state index is 0.228. The molecule has 0 bridgehead atoms. The third-order valence-corrected chi connectivity index (χ3v) is 5.97. The topological polar surface area (TPSA) is 102 Å². The molecule has 2 amide bonds. The van der Waals surface area contributed by atoms with E-state index in [2.05, 4.69) is 20.5 Å². The third-order valence-electron chi connectivity index (χ3n) is 4.87. The molecule has 0 radical (unpaired) electrons. The number of ether oxygens (including phenoxy) is 1. The smallest absolute Gasteiger partial charge is 0.325 e. The molecule has 0 spiro atoms. The summed E-state index contributed by atoms with van der Waals surface area (Å²) in [5.41, 5.74) is 2.31. The number of methoxy groups -OCH3 is 1. The summed E-state index contributed by atoms with van der Waals surface area (Å²) in [5, 5.41) is 10.6. The number of carbonyl (C=O) groups excluding carboxylic acids is 3. The Morgan fingerprint density at radius 1 is 1.06 bits per heavy atom. The van der Waals surface area contributed by atoms with Crippen LogP contribution in [0.1, 0.15) is 25.7 Å². The summed E-state index contributed by atoms with van der Waals surface area (Å²) in [6.07, 6.45) is 0. The molecule has 8 nitrogen and oxygen atoms in total. The van der Waals surface area contributed by atoms with Gasteiger partial charge in [-0.15, -0.1) is 11.3 Å². The number of carbonyl (C=O) groups is 3. The second-order valence-corrected chi connectivity index (χ2v) is 8.12. The van der Waals surface area contributed by atoms with Crippen LogP contribution in [-0.2, 0) is 9.53 Å². The van der Waals surface area contributed by atoms with Crippen molar-refractivity contribution in [1.29, 1.82) is 0 Å². The summed E-state index contributed by atoms with van der Waals surface area (Å²) >= 11 is 1.28. The predicted octanol–water partition coefficient (Wildman–Crippen LogP) is 3.69. The number of nitrogens with zero attached hydrogens (tertiary/aromatic N) is 2. The first-order valence-corrected chi connectivity index (χ1v) is 10.7. The van der Waals surface area contributed by atoms with Gasteiger partial charge in [0.15, 0.2) is 0 Å². The molecule has 0 fully saturated rings. The van der Waals surface area contributed by atoms with Gasteiger partial charge in [-0.05, 0) is 61.5 Å². The molecule has 10 heteroatoms. The molecule has 0 aliphatic rings. The number of rotatable bonds is 6. The molecule has 0 unspecified atom stereocenters. The number of esters is 1. The first-order valence-electron chi connectivity index (χ1n) is 9.87. The average molecular weight is 466 g/mol. The van der Waals surface area contributed by atoms with Crippen molar-refractivity contribution >= 4 is 45.0 Å². The zero-order valence-electron chi connectivity index (χ0n) is 17.7. The highest BCUT2D eigenvalue weighted by Crippen LogP contribution is 2.31. The van der Waals surface area contributed by atoms with Crippen molar-refractivity contribution in [2.45, 2.75) is 6.92 Å². The second-order valence-electron chi connectivity index (χ2n) is 7.09. The fourth-order valence-corrected chi connectivity index (χ4v) is 4.22. The lowest BCUT2D eigenvalue weighted by atomic mass is 10.2. The number of fused-ring (bicyclic) bond motifs is 1. The molecule has 4 rings (SSSR count). The van der Waals surface area contributed by atoms with Gasteiger partial charge in [-0.25, -0.2) is 9.07 Å². The Labute approximate surface area is 192 Å². The van der Waals surface area contributed by atoms with Crippen LogP contribution in [0.2, 0.25) is 0 Å². The van der Waals surface area contributed by atoms with Crippen LogP contribution in [0, 0.1) is 12.7 Å². The highest BCUT2D eigenvalue weighted by atomic mass is 32.1. The van der Waals surface area contributed by atoms with E-state index in [0.717, 1.165) is 15.9 Å². The van der Waals surface area contributed by atoms with Gasteiger partial charge >= 0.3 is 5.97 Å². The lowest BCUT2D eigenvalue weighted by Crippen LogP contribution is -2.30. The molecule has 168 valence electrons. The summed E-state index contributed by atoms with van der Waals surface area (Å²) in [5.74, 6) is -1.61. The van der Waals surface area contributed by atoms with Crippen molar-refractivity contribution in [3.8, 4) is 5.69 Å². The van der Waals surface area contributed by atoms with E-state index in [9.17, 15) is 18.8 Å². The Morgan fingerprint density at radius 2 is 1.76 bits per heavy atom. The standard InChI is InChI=1S/C23H19FN4O4S/c1-13-18-11-19(33-23(18)28(27-13)17-9-5-15(24)6-10-17)22(31)26-16-7-3-14(4-8-16)21(30)25-12-20(29)32-2/h3-11H,12H2,1-2H3,(H,25,30)(H,26,31).